The molecular formula is C18H23N3O3. The summed E-state index contributed by atoms with van der Waals surface area (Å²) < 4.78 is 2.47. The summed E-state index contributed by atoms with van der Waals surface area (Å²) >= 11 is 0. The maximum Gasteiger partial charge on any atom is 0.330 e. The summed E-state index contributed by atoms with van der Waals surface area (Å²) in [6, 6.07) is 8.85. The number of rotatable bonds is 7. The highest BCUT2D eigenvalue weighted by molar-refractivity contribution is 5.21. The fraction of sp³-hybridized carbons (Fsp3) is 0.333. The Labute approximate surface area is 140 Å². The smallest absolute Gasteiger partial charge is 0.330 e. The summed E-state index contributed by atoms with van der Waals surface area (Å²) in [6.07, 6.45) is 3.75. The molecule has 1 aromatic heterocycles. The normalized spacial score (nSPS) is 13.5. The van der Waals surface area contributed by atoms with Crippen molar-refractivity contribution in [3.8, 4) is 0 Å². The van der Waals surface area contributed by atoms with Gasteiger partial charge in [-0.2, -0.15) is 0 Å². The Morgan fingerprint density at radius 3 is 2.46 bits per heavy atom. The Bertz CT molecular complexity index is 808. The first-order valence-electron chi connectivity index (χ1n) is 7.78. The molecular weight excluding hydrogens is 306 g/mol. The van der Waals surface area contributed by atoms with E-state index in [2.05, 4.69) is 11.9 Å². The van der Waals surface area contributed by atoms with Gasteiger partial charge in [0.2, 0.25) is 0 Å². The van der Waals surface area contributed by atoms with Crippen LogP contribution in [0.5, 0.6) is 0 Å². The lowest BCUT2D eigenvalue weighted by atomic mass is 10.0. The minimum absolute atomic E-state index is 0.107. The largest absolute Gasteiger partial charge is 0.394 e. The van der Waals surface area contributed by atoms with Crippen molar-refractivity contribution in [3.63, 3.8) is 0 Å². The van der Waals surface area contributed by atoms with E-state index < -0.39 is 0 Å². The third kappa shape index (κ3) is 3.72. The van der Waals surface area contributed by atoms with Crippen molar-refractivity contribution >= 4 is 0 Å². The van der Waals surface area contributed by atoms with Crippen LogP contribution < -0.4 is 16.6 Å². The molecule has 2 atom stereocenters. The van der Waals surface area contributed by atoms with Gasteiger partial charge in [-0.3, -0.25) is 9.36 Å². The summed E-state index contributed by atoms with van der Waals surface area (Å²) in [7, 11) is 3.07. The molecule has 2 rings (SSSR count). The average molecular weight is 329 g/mol. The second kappa shape index (κ2) is 7.90. The van der Waals surface area contributed by atoms with Crippen LogP contribution in [0.3, 0.4) is 0 Å². The van der Waals surface area contributed by atoms with Crippen LogP contribution in [0.25, 0.3) is 0 Å². The molecule has 0 aliphatic rings. The van der Waals surface area contributed by atoms with E-state index in [9.17, 15) is 14.7 Å². The molecule has 0 amide bonds. The van der Waals surface area contributed by atoms with Gasteiger partial charge in [-0.25, -0.2) is 4.79 Å². The maximum absolute atomic E-state index is 12.5. The quantitative estimate of drug-likeness (QED) is 0.744. The average Bonchev–Trinajstić information content (AvgIpc) is 2.61. The van der Waals surface area contributed by atoms with Gasteiger partial charge in [-0.1, -0.05) is 36.4 Å². The monoisotopic (exact) mass is 329 g/mol. The zero-order chi connectivity index (χ0) is 17.7. The fourth-order valence-corrected chi connectivity index (χ4v) is 2.71. The topological polar surface area (TPSA) is 76.3 Å². The molecule has 0 bridgehead atoms. The van der Waals surface area contributed by atoms with Gasteiger partial charge in [-0.05, 0) is 12.0 Å². The van der Waals surface area contributed by atoms with Crippen LogP contribution >= 0.6 is 0 Å². The van der Waals surface area contributed by atoms with Crippen LogP contribution in [0.4, 0.5) is 0 Å². The molecule has 6 nitrogen and oxygen atoms in total. The number of aromatic nitrogens is 2. The lowest BCUT2D eigenvalue weighted by Crippen LogP contribution is -2.41. The van der Waals surface area contributed by atoms with E-state index in [1.54, 1.807) is 19.3 Å². The summed E-state index contributed by atoms with van der Waals surface area (Å²) in [4.78, 5) is 24.3. The van der Waals surface area contributed by atoms with Crippen molar-refractivity contribution in [1.29, 1.82) is 0 Å². The number of benzene rings is 1. The number of nitrogens with zero attached hydrogens (tertiary/aromatic N) is 2. The van der Waals surface area contributed by atoms with Crippen molar-refractivity contribution in [2.75, 3.05) is 6.61 Å². The molecule has 2 N–H and O–H groups in total. The highest BCUT2D eigenvalue weighted by Crippen LogP contribution is 2.20. The third-order valence-corrected chi connectivity index (χ3v) is 4.04. The zero-order valence-electron chi connectivity index (χ0n) is 14.0. The number of aryl methyl sites for hydroxylation is 1. The number of aliphatic hydroxyl groups is 1. The van der Waals surface area contributed by atoms with Gasteiger partial charge in [0.05, 0.1) is 18.2 Å². The molecule has 2 aromatic rings. The van der Waals surface area contributed by atoms with Gasteiger partial charge in [-0.15, -0.1) is 6.58 Å². The van der Waals surface area contributed by atoms with Crippen LogP contribution in [-0.4, -0.2) is 20.8 Å². The molecule has 1 aromatic carbocycles. The lowest BCUT2D eigenvalue weighted by Gasteiger charge is -2.24. The van der Waals surface area contributed by atoms with Gasteiger partial charge in [0.1, 0.15) is 0 Å². The Morgan fingerprint density at radius 1 is 1.21 bits per heavy atom. The van der Waals surface area contributed by atoms with Gasteiger partial charge in [0.15, 0.2) is 0 Å². The standard InChI is InChI=1S/C18H23N3O3/c1-4-8-15(14-11-20(2)18(24)21(3)17(14)23)19-16(12-22)13-9-6-5-7-10-13/h4-7,9-11,15-16,19,22H,1,8,12H2,2-3H3/t15?,16-/m1/s1. The minimum Gasteiger partial charge on any atom is -0.394 e. The van der Waals surface area contributed by atoms with Crippen LogP contribution in [0, 0.1) is 0 Å². The Balaban J connectivity index is 2.42. The first kappa shape index (κ1) is 17.9. The highest BCUT2D eigenvalue weighted by Gasteiger charge is 2.21. The maximum atomic E-state index is 12.5. The molecule has 0 radical (unpaired) electrons. The van der Waals surface area contributed by atoms with Crippen LogP contribution in [-0.2, 0) is 14.1 Å². The molecule has 0 fully saturated rings. The van der Waals surface area contributed by atoms with Crippen molar-refractivity contribution in [1.82, 2.24) is 14.5 Å². The van der Waals surface area contributed by atoms with Crippen LogP contribution in [0.15, 0.2) is 58.8 Å². The summed E-state index contributed by atoms with van der Waals surface area (Å²) in [5.74, 6) is 0. The summed E-state index contributed by atoms with van der Waals surface area (Å²) in [5.41, 5.74) is 0.676. The molecule has 0 saturated heterocycles. The van der Waals surface area contributed by atoms with Gasteiger partial charge >= 0.3 is 5.69 Å². The number of aliphatic hydroxyl groups excluding tert-OH is 1. The molecule has 0 aliphatic heterocycles. The minimum atomic E-state index is -0.372. The summed E-state index contributed by atoms with van der Waals surface area (Å²) in [6.45, 7) is 3.64. The van der Waals surface area contributed by atoms with Crippen molar-refractivity contribution < 1.29 is 5.11 Å². The predicted octanol–water partition coefficient (Wildman–Crippen LogP) is 1.02. The SMILES string of the molecule is C=CCC(N[C@H](CO)c1ccccc1)c1cn(C)c(=O)n(C)c1=O. The van der Waals surface area contributed by atoms with Crippen molar-refractivity contribution in [2.45, 2.75) is 18.5 Å². The van der Waals surface area contributed by atoms with E-state index in [0.29, 0.717) is 12.0 Å². The molecule has 24 heavy (non-hydrogen) atoms. The summed E-state index contributed by atoms with van der Waals surface area (Å²) in [5, 5.41) is 13.0. The van der Waals surface area contributed by atoms with Crippen molar-refractivity contribution in [2.24, 2.45) is 14.1 Å². The molecule has 0 saturated carbocycles. The first-order chi connectivity index (χ1) is 11.5. The van der Waals surface area contributed by atoms with E-state index in [1.165, 1.54) is 11.6 Å². The van der Waals surface area contributed by atoms with Gasteiger partial charge in [0.25, 0.3) is 5.56 Å². The molecule has 0 aliphatic carbocycles. The molecule has 128 valence electrons. The number of nitrogens with one attached hydrogen (secondary N) is 1. The Kier molecular flexibility index (Phi) is 5.89. The van der Waals surface area contributed by atoms with Gasteiger partial charge < -0.3 is 15.0 Å². The first-order valence-corrected chi connectivity index (χ1v) is 7.78. The fourth-order valence-electron chi connectivity index (χ4n) is 2.71. The van der Waals surface area contributed by atoms with Crippen LogP contribution in [0.1, 0.15) is 29.6 Å². The van der Waals surface area contributed by atoms with E-state index >= 15 is 0 Å². The molecule has 0 spiro atoms. The third-order valence-electron chi connectivity index (χ3n) is 4.04. The predicted molar refractivity (Wildman–Crippen MR) is 93.9 cm³/mol. The van der Waals surface area contributed by atoms with E-state index in [4.69, 9.17) is 0 Å². The second-order valence-corrected chi connectivity index (χ2v) is 5.73. The zero-order valence-corrected chi connectivity index (χ0v) is 14.0. The molecule has 6 heteroatoms. The molecule has 1 heterocycles. The van der Waals surface area contributed by atoms with Gasteiger partial charge in [0, 0.05) is 26.3 Å². The lowest BCUT2D eigenvalue weighted by molar-refractivity contribution is 0.232. The number of hydrogen-bond donors (Lipinski definition) is 2. The second-order valence-electron chi connectivity index (χ2n) is 5.73. The van der Waals surface area contributed by atoms with E-state index in [1.807, 2.05) is 30.3 Å². The Morgan fingerprint density at radius 2 is 1.88 bits per heavy atom. The van der Waals surface area contributed by atoms with Crippen LogP contribution in [0.2, 0.25) is 0 Å². The Hall–Kier alpha value is -2.44. The number of hydrogen-bond acceptors (Lipinski definition) is 4. The van der Waals surface area contributed by atoms with E-state index in [0.717, 1.165) is 10.1 Å². The van der Waals surface area contributed by atoms with Crippen molar-refractivity contribution in [3.05, 3.63) is 81.1 Å². The highest BCUT2D eigenvalue weighted by atomic mass is 16.3. The molecule has 1 unspecified atom stereocenters. The van der Waals surface area contributed by atoms with E-state index in [-0.39, 0.29) is 29.9 Å².